The number of rotatable bonds is 3. The highest BCUT2D eigenvalue weighted by Crippen LogP contribution is 2.36. The molecule has 0 unspecified atom stereocenters. The molecule has 2 aromatic rings. The first kappa shape index (κ1) is 15.6. The van der Waals surface area contributed by atoms with Crippen LogP contribution in [0.4, 0.5) is 5.69 Å². The second-order valence-electron chi connectivity index (χ2n) is 5.94. The van der Waals surface area contributed by atoms with Crippen molar-refractivity contribution in [2.45, 2.75) is 39.5 Å². The maximum Gasteiger partial charge on any atom is 0.247 e. The molecule has 0 fully saturated rings. The lowest BCUT2D eigenvalue weighted by atomic mass is 9.85. The molecule has 1 heterocycles. The van der Waals surface area contributed by atoms with E-state index in [0.29, 0.717) is 5.69 Å². The molecule has 0 spiro atoms. The van der Waals surface area contributed by atoms with Crippen LogP contribution < -0.4 is 10.5 Å². The summed E-state index contributed by atoms with van der Waals surface area (Å²) < 4.78 is 5.89. The van der Waals surface area contributed by atoms with E-state index >= 15 is 0 Å². The molecule has 2 N–H and O–H groups in total. The van der Waals surface area contributed by atoms with Crippen molar-refractivity contribution in [2.75, 3.05) is 5.73 Å². The molecule has 4 nitrogen and oxygen atoms in total. The summed E-state index contributed by atoms with van der Waals surface area (Å²) in [6, 6.07) is 6.16. The molecule has 0 atom stereocenters. The van der Waals surface area contributed by atoms with E-state index in [1.165, 1.54) is 11.8 Å². The summed E-state index contributed by atoms with van der Waals surface area (Å²) in [6.45, 7) is 8.56. The van der Waals surface area contributed by atoms with Gasteiger partial charge in [0.05, 0.1) is 6.20 Å². The molecule has 1 aromatic heterocycles. The van der Waals surface area contributed by atoms with Gasteiger partial charge in [0, 0.05) is 5.56 Å². The number of nitrogens with zero attached hydrogens (tertiary/aromatic N) is 2. The van der Waals surface area contributed by atoms with Crippen LogP contribution in [0.5, 0.6) is 11.6 Å². The SMILES string of the molecule is CCc1ccc(Oc2nc(Cl)ncc2N)c(C(C)(C)C)c1. The predicted octanol–water partition coefficient (Wildman–Crippen LogP) is 4.36. The third-order valence-corrected chi connectivity index (χ3v) is 3.40. The first-order chi connectivity index (χ1) is 9.81. The van der Waals surface area contributed by atoms with Crippen molar-refractivity contribution >= 4 is 17.3 Å². The van der Waals surface area contributed by atoms with Crippen LogP contribution in [0.25, 0.3) is 0 Å². The smallest absolute Gasteiger partial charge is 0.247 e. The van der Waals surface area contributed by atoms with Crippen LogP contribution in [-0.2, 0) is 11.8 Å². The topological polar surface area (TPSA) is 61.0 Å². The van der Waals surface area contributed by atoms with Gasteiger partial charge in [-0.05, 0) is 35.1 Å². The van der Waals surface area contributed by atoms with Crippen LogP contribution in [0.15, 0.2) is 24.4 Å². The number of aryl methyl sites for hydroxylation is 1. The third-order valence-electron chi connectivity index (χ3n) is 3.22. The number of nitrogens with two attached hydrogens (primary N) is 1. The lowest BCUT2D eigenvalue weighted by Gasteiger charge is -2.23. The van der Waals surface area contributed by atoms with Crippen molar-refractivity contribution in [3.05, 3.63) is 40.8 Å². The molecule has 0 aliphatic carbocycles. The molecule has 0 saturated heterocycles. The second kappa shape index (κ2) is 5.90. The summed E-state index contributed by atoms with van der Waals surface area (Å²) >= 11 is 5.80. The molecule has 21 heavy (non-hydrogen) atoms. The molecule has 0 bridgehead atoms. The highest BCUT2D eigenvalue weighted by molar-refractivity contribution is 6.28. The van der Waals surface area contributed by atoms with Gasteiger partial charge in [-0.2, -0.15) is 4.98 Å². The number of aromatic nitrogens is 2. The highest BCUT2D eigenvalue weighted by atomic mass is 35.5. The number of hydrogen-bond acceptors (Lipinski definition) is 4. The van der Waals surface area contributed by atoms with E-state index in [4.69, 9.17) is 22.1 Å². The Labute approximate surface area is 130 Å². The van der Waals surface area contributed by atoms with Crippen molar-refractivity contribution in [1.29, 1.82) is 0 Å². The van der Waals surface area contributed by atoms with Crippen LogP contribution in [-0.4, -0.2) is 9.97 Å². The number of hydrogen-bond donors (Lipinski definition) is 1. The van der Waals surface area contributed by atoms with Crippen LogP contribution >= 0.6 is 11.6 Å². The monoisotopic (exact) mass is 305 g/mol. The third kappa shape index (κ3) is 3.64. The molecule has 5 heteroatoms. The molecular formula is C16H20ClN3O. The van der Waals surface area contributed by atoms with Crippen molar-refractivity contribution < 1.29 is 4.74 Å². The fourth-order valence-electron chi connectivity index (χ4n) is 2.01. The molecule has 0 aliphatic rings. The van der Waals surface area contributed by atoms with Gasteiger partial charge in [0.2, 0.25) is 11.2 Å². The summed E-state index contributed by atoms with van der Waals surface area (Å²) in [5.41, 5.74) is 8.53. The minimum atomic E-state index is -0.0495. The standard InChI is InChI=1S/C16H20ClN3O/c1-5-10-6-7-13(11(8-10)16(2,3)4)21-14-12(18)9-19-15(17)20-14/h6-9H,5,18H2,1-4H3. The van der Waals surface area contributed by atoms with Crippen LogP contribution in [0.3, 0.4) is 0 Å². The minimum absolute atomic E-state index is 0.0495. The maximum atomic E-state index is 5.89. The fourth-order valence-corrected chi connectivity index (χ4v) is 2.14. The van der Waals surface area contributed by atoms with Gasteiger partial charge in [-0.15, -0.1) is 0 Å². The number of ether oxygens (including phenoxy) is 1. The van der Waals surface area contributed by atoms with Gasteiger partial charge in [0.15, 0.2) is 0 Å². The normalized spacial score (nSPS) is 11.5. The number of anilines is 1. The van der Waals surface area contributed by atoms with Crippen LogP contribution in [0, 0.1) is 0 Å². The molecule has 0 amide bonds. The molecule has 112 valence electrons. The molecule has 0 radical (unpaired) electrons. The average Bonchev–Trinajstić information content (AvgIpc) is 2.42. The minimum Gasteiger partial charge on any atom is -0.437 e. The Balaban J connectivity index is 2.46. The molecular weight excluding hydrogens is 286 g/mol. The number of nitrogen functional groups attached to an aromatic ring is 1. The van der Waals surface area contributed by atoms with Gasteiger partial charge in [0.1, 0.15) is 11.4 Å². The Hall–Kier alpha value is -1.81. The molecule has 0 saturated carbocycles. The number of halogens is 1. The highest BCUT2D eigenvalue weighted by Gasteiger charge is 2.21. The molecule has 1 aromatic carbocycles. The first-order valence-corrected chi connectivity index (χ1v) is 7.28. The quantitative estimate of drug-likeness (QED) is 0.856. The van der Waals surface area contributed by atoms with Gasteiger partial charge in [-0.1, -0.05) is 39.8 Å². The molecule has 2 rings (SSSR count). The zero-order valence-electron chi connectivity index (χ0n) is 12.8. The largest absolute Gasteiger partial charge is 0.437 e. The van der Waals surface area contributed by atoms with E-state index in [1.807, 2.05) is 12.1 Å². The van der Waals surface area contributed by atoms with Crippen molar-refractivity contribution in [3.8, 4) is 11.6 Å². The Morgan fingerprint density at radius 2 is 2.00 bits per heavy atom. The summed E-state index contributed by atoms with van der Waals surface area (Å²) in [7, 11) is 0. The van der Waals surface area contributed by atoms with Gasteiger partial charge in [0.25, 0.3) is 0 Å². The van der Waals surface area contributed by atoms with Crippen LogP contribution in [0.2, 0.25) is 5.28 Å². The van der Waals surface area contributed by atoms with E-state index in [1.54, 1.807) is 0 Å². The first-order valence-electron chi connectivity index (χ1n) is 6.90. The fraction of sp³-hybridized carbons (Fsp3) is 0.375. The van der Waals surface area contributed by atoms with E-state index in [0.717, 1.165) is 17.7 Å². The predicted molar refractivity (Wildman–Crippen MR) is 86.0 cm³/mol. The maximum absolute atomic E-state index is 5.89. The second-order valence-corrected chi connectivity index (χ2v) is 6.27. The van der Waals surface area contributed by atoms with Gasteiger partial charge in [-0.25, -0.2) is 4.98 Å². The van der Waals surface area contributed by atoms with Crippen molar-refractivity contribution in [1.82, 2.24) is 9.97 Å². The van der Waals surface area contributed by atoms with E-state index < -0.39 is 0 Å². The summed E-state index contributed by atoms with van der Waals surface area (Å²) in [4.78, 5) is 7.87. The Bertz CT molecular complexity index is 650. The van der Waals surface area contributed by atoms with Gasteiger partial charge in [-0.3, -0.25) is 0 Å². The number of benzene rings is 1. The van der Waals surface area contributed by atoms with Crippen LogP contribution in [0.1, 0.15) is 38.8 Å². The lowest BCUT2D eigenvalue weighted by molar-refractivity contribution is 0.440. The van der Waals surface area contributed by atoms with E-state index in [2.05, 4.69) is 43.7 Å². The summed E-state index contributed by atoms with van der Waals surface area (Å²) in [5.74, 6) is 1.02. The Kier molecular flexibility index (Phi) is 4.37. The van der Waals surface area contributed by atoms with E-state index in [9.17, 15) is 0 Å². The van der Waals surface area contributed by atoms with Gasteiger partial charge >= 0.3 is 0 Å². The Morgan fingerprint density at radius 3 is 2.62 bits per heavy atom. The van der Waals surface area contributed by atoms with E-state index in [-0.39, 0.29) is 16.6 Å². The zero-order chi connectivity index (χ0) is 15.6. The average molecular weight is 306 g/mol. The zero-order valence-corrected chi connectivity index (χ0v) is 13.5. The lowest BCUT2D eigenvalue weighted by Crippen LogP contribution is -2.13. The summed E-state index contributed by atoms with van der Waals surface area (Å²) in [6.07, 6.45) is 2.42. The van der Waals surface area contributed by atoms with Crippen molar-refractivity contribution in [3.63, 3.8) is 0 Å². The Morgan fingerprint density at radius 1 is 1.29 bits per heavy atom. The van der Waals surface area contributed by atoms with Gasteiger partial charge < -0.3 is 10.5 Å². The summed E-state index contributed by atoms with van der Waals surface area (Å²) in [5, 5.41) is 0.113. The van der Waals surface area contributed by atoms with Crippen molar-refractivity contribution in [2.24, 2.45) is 0 Å². The molecule has 0 aliphatic heterocycles.